The zero-order valence-corrected chi connectivity index (χ0v) is 15.8. The molecule has 2 aromatic carbocycles. The first kappa shape index (κ1) is 19.0. The number of carbonyl (C=O) groups excluding carboxylic acids is 1. The van der Waals surface area contributed by atoms with E-state index in [0.29, 0.717) is 23.6 Å². The highest BCUT2D eigenvalue weighted by atomic mass is 79.9. The van der Waals surface area contributed by atoms with E-state index in [1.54, 1.807) is 39.5 Å². The molecule has 0 atom stereocenters. The second-order valence-electron chi connectivity index (χ2n) is 5.35. The Morgan fingerprint density at radius 2 is 2.00 bits per heavy atom. The highest BCUT2D eigenvalue weighted by Gasteiger charge is 2.13. The van der Waals surface area contributed by atoms with Crippen LogP contribution in [-0.4, -0.2) is 32.1 Å². The van der Waals surface area contributed by atoms with Gasteiger partial charge in [-0.3, -0.25) is 4.79 Å². The van der Waals surface area contributed by atoms with Gasteiger partial charge in [-0.15, -0.1) is 0 Å². The fourth-order valence-electron chi connectivity index (χ4n) is 2.34. The summed E-state index contributed by atoms with van der Waals surface area (Å²) in [6, 6.07) is 10.1. The number of likely N-dealkylation sites (N-methyl/N-ethyl adjacent to an activating group) is 1. The van der Waals surface area contributed by atoms with Gasteiger partial charge in [0.05, 0.1) is 14.2 Å². The van der Waals surface area contributed by atoms with Crippen molar-refractivity contribution in [3.05, 3.63) is 63.9 Å². The van der Waals surface area contributed by atoms with E-state index in [0.717, 1.165) is 10.0 Å². The summed E-state index contributed by atoms with van der Waals surface area (Å²) in [4.78, 5) is 13.8. The van der Waals surface area contributed by atoms with E-state index in [1.165, 1.54) is 23.1 Å². The Labute approximate surface area is 155 Å². The summed E-state index contributed by atoms with van der Waals surface area (Å²) in [5.74, 6) is 0.563. The molecular formula is C19H19BrFNO3. The van der Waals surface area contributed by atoms with Crippen molar-refractivity contribution in [2.75, 3.05) is 21.3 Å². The standard InChI is InChI=1S/C19H19BrFNO3/c1-22(12-14-5-4-6-17(24-2)19(14)25-3)18(23)10-7-13-11-15(20)8-9-16(13)21/h4-11H,12H2,1-3H3/b10-7+. The Kier molecular flexibility index (Phi) is 6.58. The fourth-order valence-corrected chi connectivity index (χ4v) is 2.72. The normalized spacial score (nSPS) is 10.8. The number of methoxy groups -OCH3 is 2. The average molecular weight is 408 g/mol. The van der Waals surface area contributed by atoms with Crippen molar-refractivity contribution in [3.63, 3.8) is 0 Å². The maximum atomic E-state index is 13.7. The molecule has 0 unspecified atom stereocenters. The number of para-hydroxylation sites is 1. The van der Waals surface area contributed by atoms with Crippen molar-refractivity contribution in [2.45, 2.75) is 6.54 Å². The molecule has 6 heteroatoms. The van der Waals surface area contributed by atoms with Crippen molar-refractivity contribution in [1.82, 2.24) is 4.90 Å². The predicted octanol–water partition coefficient (Wildman–Crippen LogP) is 4.28. The topological polar surface area (TPSA) is 38.8 Å². The maximum absolute atomic E-state index is 13.7. The molecule has 0 aliphatic rings. The number of halogens is 2. The van der Waals surface area contributed by atoms with Gasteiger partial charge in [0.25, 0.3) is 0 Å². The van der Waals surface area contributed by atoms with Gasteiger partial charge in [-0.25, -0.2) is 4.39 Å². The Bertz CT molecular complexity index is 792. The van der Waals surface area contributed by atoms with Crippen molar-refractivity contribution in [3.8, 4) is 11.5 Å². The van der Waals surface area contributed by atoms with E-state index in [2.05, 4.69) is 15.9 Å². The number of hydrogen-bond donors (Lipinski definition) is 0. The van der Waals surface area contributed by atoms with E-state index in [4.69, 9.17) is 9.47 Å². The quantitative estimate of drug-likeness (QED) is 0.670. The van der Waals surface area contributed by atoms with Crippen LogP contribution in [0.15, 0.2) is 46.9 Å². The third-order valence-electron chi connectivity index (χ3n) is 3.63. The second kappa shape index (κ2) is 8.67. The van der Waals surface area contributed by atoms with Crippen molar-refractivity contribution < 1.29 is 18.7 Å². The van der Waals surface area contributed by atoms with Crippen LogP contribution in [0, 0.1) is 5.82 Å². The van der Waals surface area contributed by atoms with Crippen molar-refractivity contribution in [2.24, 2.45) is 0 Å². The maximum Gasteiger partial charge on any atom is 0.246 e. The largest absolute Gasteiger partial charge is 0.493 e. The van der Waals surface area contributed by atoms with E-state index in [-0.39, 0.29) is 11.7 Å². The Hall–Kier alpha value is -2.34. The van der Waals surface area contributed by atoms with Crippen LogP contribution in [-0.2, 0) is 11.3 Å². The summed E-state index contributed by atoms with van der Waals surface area (Å²) < 4.78 is 25.1. The number of benzene rings is 2. The lowest BCUT2D eigenvalue weighted by Crippen LogP contribution is -2.24. The lowest BCUT2D eigenvalue weighted by Gasteiger charge is -2.18. The molecule has 2 rings (SSSR count). The Balaban J connectivity index is 2.13. The summed E-state index contributed by atoms with van der Waals surface area (Å²) in [6.45, 7) is 0.338. The molecule has 0 saturated heterocycles. The van der Waals surface area contributed by atoms with Crippen LogP contribution in [0.25, 0.3) is 6.08 Å². The molecule has 25 heavy (non-hydrogen) atoms. The van der Waals surface area contributed by atoms with Gasteiger partial charge in [-0.05, 0) is 30.3 Å². The molecule has 2 aromatic rings. The van der Waals surface area contributed by atoms with Gasteiger partial charge in [-0.1, -0.05) is 28.1 Å². The summed E-state index contributed by atoms with van der Waals surface area (Å²) in [5, 5.41) is 0. The van der Waals surface area contributed by atoms with Gasteiger partial charge < -0.3 is 14.4 Å². The summed E-state index contributed by atoms with van der Waals surface area (Å²) >= 11 is 3.28. The van der Waals surface area contributed by atoms with Crippen LogP contribution < -0.4 is 9.47 Å². The highest BCUT2D eigenvalue weighted by Crippen LogP contribution is 2.31. The number of carbonyl (C=O) groups is 1. The van der Waals surface area contributed by atoms with Crippen molar-refractivity contribution >= 4 is 27.9 Å². The molecule has 1 amide bonds. The van der Waals surface area contributed by atoms with Crippen LogP contribution in [0.4, 0.5) is 4.39 Å². The monoisotopic (exact) mass is 407 g/mol. The van der Waals surface area contributed by atoms with Crippen molar-refractivity contribution in [1.29, 1.82) is 0 Å². The molecule has 0 aromatic heterocycles. The molecule has 0 aliphatic carbocycles. The zero-order valence-electron chi connectivity index (χ0n) is 14.3. The first-order chi connectivity index (χ1) is 12.0. The van der Waals surface area contributed by atoms with Gasteiger partial charge in [0.15, 0.2) is 11.5 Å². The molecule has 4 nitrogen and oxygen atoms in total. The SMILES string of the molecule is COc1cccc(CN(C)C(=O)/C=C/c2cc(Br)ccc2F)c1OC. The summed E-state index contributed by atoms with van der Waals surface area (Å²) in [6.07, 6.45) is 2.80. The van der Waals surface area contributed by atoms with Gasteiger partial charge in [0.2, 0.25) is 5.91 Å². The lowest BCUT2D eigenvalue weighted by molar-refractivity contribution is -0.125. The molecule has 0 saturated carbocycles. The molecule has 0 radical (unpaired) electrons. The average Bonchev–Trinajstić information content (AvgIpc) is 2.61. The predicted molar refractivity (Wildman–Crippen MR) is 99.2 cm³/mol. The molecule has 0 heterocycles. The Morgan fingerprint density at radius 1 is 1.24 bits per heavy atom. The van der Waals surface area contributed by atoms with E-state index in [9.17, 15) is 9.18 Å². The van der Waals surface area contributed by atoms with Crippen LogP contribution in [0.2, 0.25) is 0 Å². The van der Waals surface area contributed by atoms with Crippen LogP contribution in [0.3, 0.4) is 0 Å². The lowest BCUT2D eigenvalue weighted by atomic mass is 10.1. The smallest absolute Gasteiger partial charge is 0.246 e. The summed E-state index contributed by atoms with van der Waals surface area (Å²) in [7, 11) is 4.79. The molecule has 0 spiro atoms. The van der Waals surface area contributed by atoms with Gasteiger partial charge in [0, 0.05) is 35.3 Å². The van der Waals surface area contributed by atoms with Gasteiger partial charge in [0.1, 0.15) is 5.82 Å². The number of amides is 1. The van der Waals surface area contributed by atoms with Crippen LogP contribution in [0.1, 0.15) is 11.1 Å². The van der Waals surface area contributed by atoms with Gasteiger partial charge in [-0.2, -0.15) is 0 Å². The van der Waals surface area contributed by atoms with E-state index < -0.39 is 0 Å². The minimum Gasteiger partial charge on any atom is -0.493 e. The highest BCUT2D eigenvalue weighted by molar-refractivity contribution is 9.10. The number of hydrogen-bond acceptors (Lipinski definition) is 3. The third kappa shape index (κ3) is 4.82. The van der Waals surface area contributed by atoms with Crippen LogP contribution >= 0.6 is 15.9 Å². The first-order valence-corrected chi connectivity index (χ1v) is 8.33. The zero-order chi connectivity index (χ0) is 18.4. The second-order valence-corrected chi connectivity index (χ2v) is 6.26. The van der Waals surface area contributed by atoms with Crippen LogP contribution in [0.5, 0.6) is 11.5 Å². The fraction of sp³-hybridized carbons (Fsp3) is 0.211. The Morgan fingerprint density at radius 3 is 2.68 bits per heavy atom. The molecule has 132 valence electrons. The third-order valence-corrected chi connectivity index (χ3v) is 4.12. The molecule has 0 bridgehead atoms. The number of nitrogens with zero attached hydrogens (tertiary/aromatic N) is 1. The number of ether oxygens (including phenoxy) is 2. The number of rotatable bonds is 6. The molecule has 0 aliphatic heterocycles. The molecular weight excluding hydrogens is 389 g/mol. The van der Waals surface area contributed by atoms with E-state index in [1.807, 2.05) is 12.1 Å². The molecule has 0 N–H and O–H groups in total. The first-order valence-electron chi connectivity index (χ1n) is 7.54. The minimum atomic E-state index is -0.385. The van der Waals surface area contributed by atoms with E-state index >= 15 is 0 Å². The molecule has 0 fully saturated rings. The minimum absolute atomic E-state index is 0.246. The van der Waals surface area contributed by atoms with Gasteiger partial charge >= 0.3 is 0 Å². The summed E-state index contributed by atoms with van der Waals surface area (Å²) in [5.41, 5.74) is 1.16.